The van der Waals surface area contributed by atoms with Crippen LogP contribution in [0.3, 0.4) is 0 Å². The Morgan fingerprint density at radius 1 is 1.38 bits per heavy atom. The fraction of sp³-hybridized carbons (Fsp3) is 0.364. The van der Waals surface area contributed by atoms with Crippen LogP contribution in [-0.2, 0) is 0 Å². The van der Waals surface area contributed by atoms with Gasteiger partial charge in [-0.25, -0.2) is 8.78 Å². The topological polar surface area (TPSA) is 20.3 Å². The molecule has 86 valence electrons. The molecule has 2 rings (SSSR count). The zero-order chi connectivity index (χ0) is 11.9. The van der Waals surface area contributed by atoms with Crippen molar-refractivity contribution in [2.45, 2.75) is 18.9 Å². The van der Waals surface area contributed by atoms with Gasteiger partial charge in [0.15, 0.2) is 0 Å². The first-order valence-corrected chi connectivity index (χ1v) is 5.71. The quantitative estimate of drug-likeness (QED) is 0.767. The largest absolute Gasteiger partial charge is 0.339 e. The summed E-state index contributed by atoms with van der Waals surface area (Å²) in [4.78, 5) is 13.3. The normalized spacial score (nSPS) is 15.0. The lowest BCUT2D eigenvalue weighted by Crippen LogP contribution is -2.28. The van der Waals surface area contributed by atoms with Crippen molar-refractivity contribution < 1.29 is 13.6 Å². The molecule has 0 N–H and O–H groups in total. The Balaban J connectivity index is 2.29. The average molecular weight is 290 g/mol. The summed E-state index contributed by atoms with van der Waals surface area (Å²) in [5.74, 6) is -1.85. The lowest BCUT2D eigenvalue weighted by atomic mass is 10.2. The monoisotopic (exact) mass is 289 g/mol. The highest BCUT2D eigenvalue weighted by Crippen LogP contribution is 2.28. The number of halogens is 3. The van der Waals surface area contributed by atoms with Gasteiger partial charge < -0.3 is 4.90 Å². The summed E-state index contributed by atoms with van der Waals surface area (Å²) in [6, 6.07) is 2.32. The predicted octanol–water partition coefficient (Wildman–Crippen LogP) is 2.96. The van der Waals surface area contributed by atoms with E-state index in [0.717, 1.165) is 25.0 Å². The molecule has 0 aromatic heterocycles. The Hall–Kier alpha value is -0.970. The lowest BCUT2D eigenvalue weighted by Gasteiger charge is -2.16. The number of hydrogen-bond acceptors (Lipinski definition) is 1. The van der Waals surface area contributed by atoms with Gasteiger partial charge in [0, 0.05) is 18.7 Å². The van der Waals surface area contributed by atoms with Gasteiger partial charge in [-0.15, -0.1) is 0 Å². The Morgan fingerprint density at radius 3 is 2.31 bits per heavy atom. The highest BCUT2D eigenvalue weighted by atomic mass is 79.9. The van der Waals surface area contributed by atoms with Crippen molar-refractivity contribution in [3.8, 4) is 0 Å². The van der Waals surface area contributed by atoms with E-state index in [1.54, 1.807) is 7.05 Å². The molecule has 1 aliphatic carbocycles. The molecule has 0 aliphatic heterocycles. The maximum Gasteiger partial charge on any atom is 0.254 e. The van der Waals surface area contributed by atoms with E-state index in [1.165, 1.54) is 4.90 Å². The van der Waals surface area contributed by atoms with Gasteiger partial charge in [-0.3, -0.25) is 4.79 Å². The molecule has 1 aliphatic rings. The molecule has 0 radical (unpaired) electrons. The second-order valence-electron chi connectivity index (χ2n) is 3.90. The van der Waals surface area contributed by atoms with Gasteiger partial charge in [0.1, 0.15) is 11.6 Å². The molecule has 1 aromatic rings. The highest BCUT2D eigenvalue weighted by molar-refractivity contribution is 9.10. The minimum Gasteiger partial charge on any atom is -0.339 e. The van der Waals surface area contributed by atoms with Gasteiger partial charge in [-0.1, -0.05) is 0 Å². The van der Waals surface area contributed by atoms with E-state index >= 15 is 0 Å². The van der Waals surface area contributed by atoms with E-state index in [9.17, 15) is 13.6 Å². The van der Waals surface area contributed by atoms with Crippen LogP contribution in [0.5, 0.6) is 0 Å². The molecule has 1 fully saturated rings. The fourth-order valence-corrected chi connectivity index (χ4v) is 1.74. The van der Waals surface area contributed by atoms with Crippen molar-refractivity contribution in [2.24, 2.45) is 0 Å². The standard InChI is InChI=1S/C11H10BrF2NO/c1-15(7-2-3-7)11(16)6-4-8(13)10(12)9(14)5-6/h4-5,7H,2-3H2,1H3. The van der Waals surface area contributed by atoms with Gasteiger partial charge in [-0.2, -0.15) is 0 Å². The van der Waals surface area contributed by atoms with E-state index < -0.39 is 11.6 Å². The SMILES string of the molecule is CN(C(=O)c1cc(F)c(Br)c(F)c1)C1CC1. The van der Waals surface area contributed by atoms with Crippen LogP contribution in [0.15, 0.2) is 16.6 Å². The predicted molar refractivity (Wildman–Crippen MR) is 59.2 cm³/mol. The third kappa shape index (κ3) is 2.09. The Kier molecular flexibility index (Phi) is 2.97. The summed E-state index contributed by atoms with van der Waals surface area (Å²) in [6.45, 7) is 0. The first-order valence-electron chi connectivity index (χ1n) is 4.92. The Bertz CT molecular complexity index is 423. The maximum absolute atomic E-state index is 13.2. The van der Waals surface area contributed by atoms with Crippen molar-refractivity contribution in [1.29, 1.82) is 0 Å². The van der Waals surface area contributed by atoms with Crippen molar-refractivity contribution in [1.82, 2.24) is 4.90 Å². The molecule has 1 amide bonds. The first-order chi connectivity index (χ1) is 7.50. The van der Waals surface area contributed by atoms with Crippen LogP contribution in [0.1, 0.15) is 23.2 Å². The maximum atomic E-state index is 13.2. The number of nitrogens with zero attached hydrogens (tertiary/aromatic N) is 1. The van der Waals surface area contributed by atoms with Crippen LogP contribution in [0, 0.1) is 11.6 Å². The van der Waals surface area contributed by atoms with E-state index in [4.69, 9.17) is 0 Å². The Labute approximate surface area is 100 Å². The van der Waals surface area contributed by atoms with E-state index in [0.29, 0.717) is 0 Å². The van der Waals surface area contributed by atoms with Crippen LogP contribution < -0.4 is 0 Å². The summed E-state index contributed by atoms with van der Waals surface area (Å²) in [6.07, 6.45) is 1.92. The molecule has 1 saturated carbocycles. The van der Waals surface area contributed by atoms with E-state index in [2.05, 4.69) is 15.9 Å². The molecule has 16 heavy (non-hydrogen) atoms. The van der Waals surface area contributed by atoms with Gasteiger partial charge >= 0.3 is 0 Å². The second-order valence-corrected chi connectivity index (χ2v) is 4.69. The Morgan fingerprint density at radius 2 is 1.88 bits per heavy atom. The molecular weight excluding hydrogens is 280 g/mol. The molecule has 0 unspecified atom stereocenters. The van der Waals surface area contributed by atoms with Crippen LogP contribution in [0.2, 0.25) is 0 Å². The van der Waals surface area contributed by atoms with Gasteiger partial charge in [0.05, 0.1) is 4.47 Å². The zero-order valence-electron chi connectivity index (χ0n) is 8.64. The molecular formula is C11H10BrF2NO. The number of amides is 1. The molecule has 1 aromatic carbocycles. The average Bonchev–Trinajstić information content (AvgIpc) is 3.06. The van der Waals surface area contributed by atoms with Gasteiger partial charge in [0.25, 0.3) is 5.91 Å². The summed E-state index contributed by atoms with van der Waals surface area (Å²) in [5.41, 5.74) is 0.0487. The van der Waals surface area contributed by atoms with Crippen molar-refractivity contribution in [3.63, 3.8) is 0 Å². The summed E-state index contributed by atoms with van der Waals surface area (Å²) in [7, 11) is 1.65. The minimum absolute atomic E-state index is 0.0487. The number of rotatable bonds is 2. The third-order valence-corrected chi connectivity index (χ3v) is 3.40. The van der Waals surface area contributed by atoms with Crippen LogP contribution >= 0.6 is 15.9 Å². The van der Waals surface area contributed by atoms with Gasteiger partial charge in [0.2, 0.25) is 0 Å². The van der Waals surface area contributed by atoms with Crippen molar-refractivity contribution in [2.75, 3.05) is 7.05 Å². The minimum atomic E-state index is -0.757. The molecule has 5 heteroatoms. The molecule has 0 bridgehead atoms. The van der Waals surface area contributed by atoms with Crippen molar-refractivity contribution >= 4 is 21.8 Å². The molecule has 0 heterocycles. The van der Waals surface area contributed by atoms with Crippen LogP contribution in [-0.4, -0.2) is 23.9 Å². The first kappa shape index (κ1) is 11.5. The summed E-state index contributed by atoms with van der Waals surface area (Å²) >= 11 is 2.77. The molecule has 0 saturated heterocycles. The van der Waals surface area contributed by atoms with E-state index in [1.807, 2.05) is 0 Å². The molecule has 0 atom stereocenters. The summed E-state index contributed by atoms with van der Waals surface area (Å²) in [5, 5.41) is 0. The fourth-order valence-electron chi connectivity index (χ4n) is 1.51. The molecule has 2 nitrogen and oxygen atoms in total. The number of carbonyl (C=O) groups is 1. The third-order valence-electron chi connectivity index (χ3n) is 2.65. The van der Waals surface area contributed by atoms with E-state index in [-0.39, 0.29) is 22.0 Å². The second kappa shape index (κ2) is 4.13. The smallest absolute Gasteiger partial charge is 0.254 e. The number of hydrogen-bond donors (Lipinski definition) is 0. The van der Waals surface area contributed by atoms with Crippen LogP contribution in [0.4, 0.5) is 8.78 Å². The van der Waals surface area contributed by atoms with Gasteiger partial charge in [-0.05, 0) is 40.9 Å². The van der Waals surface area contributed by atoms with Crippen molar-refractivity contribution in [3.05, 3.63) is 33.8 Å². The lowest BCUT2D eigenvalue weighted by molar-refractivity contribution is 0.0784. The highest BCUT2D eigenvalue weighted by Gasteiger charge is 2.30. The zero-order valence-corrected chi connectivity index (χ0v) is 10.2. The number of carbonyl (C=O) groups excluding carboxylic acids is 1. The number of benzene rings is 1. The summed E-state index contributed by atoms with van der Waals surface area (Å²) < 4.78 is 26.2. The van der Waals surface area contributed by atoms with Crippen LogP contribution in [0.25, 0.3) is 0 Å². The molecule has 0 spiro atoms.